The Balaban J connectivity index is 2.18. The minimum atomic E-state index is -0.973. The zero-order chi connectivity index (χ0) is 12.3. The first-order chi connectivity index (χ1) is 8.16. The Hall–Kier alpha value is -1.91. The van der Waals surface area contributed by atoms with E-state index in [0.717, 1.165) is 5.56 Å². The lowest BCUT2D eigenvalue weighted by atomic mass is 9.90. The molecule has 0 radical (unpaired) electrons. The maximum absolute atomic E-state index is 11.4. The van der Waals surface area contributed by atoms with Crippen molar-refractivity contribution < 1.29 is 14.7 Å². The lowest BCUT2D eigenvalue weighted by Gasteiger charge is -2.17. The van der Waals surface area contributed by atoms with Gasteiger partial charge in [-0.2, -0.15) is 0 Å². The second-order valence-corrected chi connectivity index (χ2v) is 4.21. The summed E-state index contributed by atoms with van der Waals surface area (Å²) in [5.74, 6) is -1.06. The van der Waals surface area contributed by atoms with Gasteiger partial charge >= 0.3 is 5.97 Å². The molecule has 5 heteroatoms. The number of aromatic nitrogens is 1. The molecular formula is C12H14N2O3. The first-order valence-electron chi connectivity index (χ1n) is 5.59. The summed E-state index contributed by atoms with van der Waals surface area (Å²) in [7, 11) is 0. The zero-order valence-electron chi connectivity index (χ0n) is 9.30. The molecule has 1 aliphatic heterocycles. The van der Waals surface area contributed by atoms with Crippen LogP contribution >= 0.6 is 0 Å². The minimum Gasteiger partial charge on any atom is -0.480 e. The van der Waals surface area contributed by atoms with Gasteiger partial charge in [-0.3, -0.25) is 9.78 Å². The van der Waals surface area contributed by atoms with Crippen LogP contribution in [0.2, 0.25) is 0 Å². The van der Waals surface area contributed by atoms with E-state index in [4.69, 9.17) is 5.11 Å². The molecule has 1 amide bonds. The fourth-order valence-electron chi connectivity index (χ4n) is 2.13. The summed E-state index contributed by atoms with van der Waals surface area (Å²) in [6.07, 6.45) is 4.86. The number of aliphatic carboxylic acids is 1. The predicted molar refractivity (Wildman–Crippen MR) is 60.4 cm³/mol. The van der Waals surface area contributed by atoms with E-state index >= 15 is 0 Å². The minimum absolute atomic E-state index is 0.0954. The predicted octanol–water partition coefficient (Wildman–Crippen LogP) is 0.918. The second kappa shape index (κ2) is 4.95. The Bertz CT molecular complexity index is 419. The largest absolute Gasteiger partial charge is 0.480 e. The Kier molecular flexibility index (Phi) is 3.37. The van der Waals surface area contributed by atoms with E-state index < -0.39 is 12.0 Å². The molecule has 17 heavy (non-hydrogen) atoms. The van der Waals surface area contributed by atoms with Crippen molar-refractivity contribution in [1.29, 1.82) is 0 Å². The molecule has 5 nitrogen and oxygen atoms in total. The molecule has 0 bridgehead atoms. The highest BCUT2D eigenvalue weighted by atomic mass is 16.4. The zero-order valence-corrected chi connectivity index (χ0v) is 9.30. The average molecular weight is 234 g/mol. The van der Waals surface area contributed by atoms with Crippen molar-refractivity contribution in [1.82, 2.24) is 10.3 Å². The fourth-order valence-corrected chi connectivity index (χ4v) is 2.13. The third-order valence-electron chi connectivity index (χ3n) is 3.05. The number of pyridine rings is 1. The topological polar surface area (TPSA) is 79.3 Å². The summed E-state index contributed by atoms with van der Waals surface area (Å²) in [5.41, 5.74) is 1.04. The molecule has 1 aromatic rings. The molecule has 90 valence electrons. The van der Waals surface area contributed by atoms with Gasteiger partial charge in [0.25, 0.3) is 0 Å². The molecule has 1 aliphatic rings. The van der Waals surface area contributed by atoms with E-state index in [-0.39, 0.29) is 11.8 Å². The van der Waals surface area contributed by atoms with Gasteiger partial charge in [0.2, 0.25) is 5.91 Å². The number of amides is 1. The monoisotopic (exact) mass is 234 g/mol. The number of carboxylic acids is 1. The lowest BCUT2D eigenvalue weighted by Crippen LogP contribution is -2.39. The Morgan fingerprint density at radius 1 is 1.41 bits per heavy atom. The highest BCUT2D eigenvalue weighted by Crippen LogP contribution is 2.28. The number of nitrogens with zero attached hydrogens (tertiary/aromatic N) is 1. The smallest absolute Gasteiger partial charge is 0.326 e. The Morgan fingerprint density at radius 3 is 2.76 bits per heavy atom. The molecular weight excluding hydrogens is 220 g/mol. The molecule has 1 aromatic heterocycles. The normalized spacial score (nSPS) is 24.8. The van der Waals surface area contributed by atoms with Crippen molar-refractivity contribution in [3.05, 3.63) is 30.1 Å². The quantitative estimate of drug-likeness (QED) is 0.797. The molecule has 2 rings (SSSR count). The van der Waals surface area contributed by atoms with Crippen LogP contribution in [0.25, 0.3) is 0 Å². The fraction of sp³-hybridized carbons (Fsp3) is 0.417. The summed E-state index contributed by atoms with van der Waals surface area (Å²) < 4.78 is 0. The van der Waals surface area contributed by atoms with Gasteiger partial charge < -0.3 is 10.4 Å². The van der Waals surface area contributed by atoms with Crippen LogP contribution in [0.1, 0.15) is 30.7 Å². The van der Waals surface area contributed by atoms with E-state index in [1.165, 1.54) is 0 Å². The first-order valence-corrected chi connectivity index (χ1v) is 5.59. The summed E-state index contributed by atoms with van der Waals surface area (Å²) >= 11 is 0. The van der Waals surface area contributed by atoms with Crippen molar-refractivity contribution in [3.63, 3.8) is 0 Å². The van der Waals surface area contributed by atoms with Crippen LogP contribution in [0.3, 0.4) is 0 Å². The van der Waals surface area contributed by atoms with Crippen molar-refractivity contribution in [2.45, 2.75) is 31.2 Å². The van der Waals surface area contributed by atoms with Gasteiger partial charge in [0, 0.05) is 18.8 Å². The average Bonchev–Trinajstić information content (AvgIpc) is 2.52. The van der Waals surface area contributed by atoms with E-state index in [1.54, 1.807) is 12.4 Å². The number of carbonyl (C=O) groups is 2. The molecule has 2 atom stereocenters. The number of carboxylic acid groups (broad SMARTS) is 1. The van der Waals surface area contributed by atoms with Crippen molar-refractivity contribution in [3.8, 4) is 0 Å². The third kappa shape index (κ3) is 2.81. The number of hydrogen-bond donors (Lipinski definition) is 2. The summed E-state index contributed by atoms with van der Waals surface area (Å²) in [6, 6.07) is 2.96. The summed E-state index contributed by atoms with van der Waals surface area (Å²) in [6.45, 7) is 0. The van der Waals surface area contributed by atoms with Crippen LogP contribution in [0.4, 0.5) is 0 Å². The molecule has 0 aromatic carbocycles. The summed E-state index contributed by atoms with van der Waals surface area (Å²) in [5, 5.41) is 11.5. The lowest BCUT2D eigenvalue weighted by molar-refractivity contribution is -0.141. The highest BCUT2D eigenvalue weighted by Gasteiger charge is 2.28. The second-order valence-electron chi connectivity index (χ2n) is 4.21. The molecule has 2 heterocycles. The van der Waals surface area contributed by atoms with E-state index in [2.05, 4.69) is 10.3 Å². The van der Waals surface area contributed by atoms with Crippen molar-refractivity contribution in [2.75, 3.05) is 0 Å². The molecule has 0 aliphatic carbocycles. The number of rotatable bonds is 2. The summed E-state index contributed by atoms with van der Waals surface area (Å²) in [4.78, 5) is 26.3. The maximum atomic E-state index is 11.4. The van der Waals surface area contributed by atoms with Crippen molar-refractivity contribution >= 4 is 11.9 Å². The molecule has 1 saturated heterocycles. The van der Waals surface area contributed by atoms with E-state index in [9.17, 15) is 9.59 Å². The van der Waals surface area contributed by atoms with E-state index in [1.807, 2.05) is 12.1 Å². The van der Waals surface area contributed by atoms with Crippen LogP contribution in [0.5, 0.6) is 0 Å². The third-order valence-corrected chi connectivity index (χ3v) is 3.05. The van der Waals surface area contributed by atoms with Gasteiger partial charge in [-0.25, -0.2) is 4.79 Å². The van der Waals surface area contributed by atoms with Crippen molar-refractivity contribution in [2.24, 2.45) is 0 Å². The Morgan fingerprint density at radius 2 is 2.12 bits per heavy atom. The molecule has 0 spiro atoms. The standard InChI is InChI=1S/C12H14N2O3/c15-11-2-1-9(7-10(14-11)12(16)17)8-3-5-13-6-4-8/h3-6,9-10H,1-2,7H2,(H,14,15)(H,16,17). The number of hydrogen-bond acceptors (Lipinski definition) is 3. The van der Waals surface area contributed by atoms with Crippen LogP contribution < -0.4 is 5.32 Å². The van der Waals surface area contributed by atoms with Gasteiger partial charge in [-0.1, -0.05) is 0 Å². The number of carbonyl (C=O) groups excluding carboxylic acids is 1. The van der Waals surface area contributed by atoms with E-state index in [0.29, 0.717) is 19.3 Å². The van der Waals surface area contributed by atoms with Gasteiger partial charge in [0.05, 0.1) is 0 Å². The van der Waals surface area contributed by atoms with Gasteiger partial charge in [0.15, 0.2) is 0 Å². The van der Waals surface area contributed by atoms with Crippen LogP contribution in [-0.2, 0) is 9.59 Å². The van der Waals surface area contributed by atoms with Crippen LogP contribution in [-0.4, -0.2) is 28.0 Å². The molecule has 1 fully saturated rings. The number of nitrogens with one attached hydrogen (secondary N) is 1. The van der Waals surface area contributed by atoms with Gasteiger partial charge in [-0.15, -0.1) is 0 Å². The van der Waals surface area contributed by atoms with Gasteiger partial charge in [0.1, 0.15) is 6.04 Å². The highest BCUT2D eigenvalue weighted by molar-refractivity contribution is 5.84. The molecule has 0 saturated carbocycles. The molecule has 2 N–H and O–H groups in total. The maximum Gasteiger partial charge on any atom is 0.326 e. The first kappa shape index (κ1) is 11.6. The molecule has 2 unspecified atom stereocenters. The Labute approximate surface area is 98.9 Å². The van der Waals surface area contributed by atoms with Crippen LogP contribution in [0.15, 0.2) is 24.5 Å². The van der Waals surface area contributed by atoms with Gasteiger partial charge in [-0.05, 0) is 36.5 Å². The van der Waals surface area contributed by atoms with Crippen LogP contribution in [0, 0.1) is 0 Å². The SMILES string of the molecule is O=C1CCC(c2ccncc2)CC(C(=O)O)N1.